The van der Waals surface area contributed by atoms with Crippen molar-refractivity contribution in [1.82, 2.24) is 0 Å². The fourth-order valence-electron chi connectivity index (χ4n) is 5.42. The van der Waals surface area contributed by atoms with Crippen LogP contribution in [-0.2, 0) is 20.9 Å². The molecule has 0 radical (unpaired) electrons. The Morgan fingerprint density at radius 1 is 0.897 bits per heavy atom. The first kappa shape index (κ1) is 30.8. The van der Waals surface area contributed by atoms with Crippen LogP contribution >= 0.6 is 0 Å². The summed E-state index contributed by atoms with van der Waals surface area (Å²) in [5, 5.41) is 7.43. The SMILES string of the molecule is C=CCC(C)C(CC(Cc1ccc(OC)cc1)O[Si](CC(C)C)(c1ccccc1)c1ccccc1)S(N)(=O)=O. The molecule has 3 unspecified atom stereocenters. The van der Waals surface area contributed by atoms with Crippen LogP contribution in [0, 0.1) is 11.8 Å². The Kier molecular flexibility index (Phi) is 11.1. The highest BCUT2D eigenvalue weighted by atomic mass is 32.2. The molecule has 0 amide bonds. The molecule has 3 rings (SSSR count). The lowest BCUT2D eigenvalue weighted by Crippen LogP contribution is -2.63. The van der Waals surface area contributed by atoms with Crippen molar-refractivity contribution in [1.29, 1.82) is 0 Å². The molecule has 0 heterocycles. The molecule has 0 fully saturated rings. The molecule has 39 heavy (non-hydrogen) atoms. The second kappa shape index (κ2) is 14.1. The van der Waals surface area contributed by atoms with Crippen LogP contribution in [0.15, 0.2) is 97.6 Å². The highest BCUT2D eigenvalue weighted by Gasteiger charge is 2.43. The van der Waals surface area contributed by atoms with E-state index in [0.717, 1.165) is 17.4 Å². The number of nitrogens with two attached hydrogens (primary N) is 1. The van der Waals surface area contributed by atoms with Crippen molar-refractivity contribution in [2.75, 3.05) is 7.11 Å². The van der Waals surface area contributed by atoms with E-state index in [1.807, 2.05) is 43.3 Å². The van der Waals surface area contributed by atoms with E-state index in [0.29, 0.717) is 25.2 Å². The summed E-state index contributed by atoms with van der Waals surface area (Å²) < 4.78 is 38.5. The molecule has 0 spiro atoms. The predicted molar refractivity (Wildman–Crippen MR) is 165 cm³/mol. The second-order valence-corrected chi connectivity index (χ2v) is 16.1. The Morgan fingerprint density at radius 3 is 1.87 bits per heavy atom. The van der Waals surface area contributed by atoms with Crippen molar-refractivity contribution in [2.24, 2.45) is 17.0 Å². The number of hydrogen-bond acceptors (Lipinski definition) is 4. The van der Waals surface area contributed by atoms with Gasteiger partial charge in [-0.3, -0.25) is 0 Å². The van der Waals surface area contributed by atoms with Gasteiger partial charge in [0.15, 0.2) is 0 Å². The van der Waals surface area contributed by atoms with Gasteiger partial charge in [0, 0.05) is 0 Å². The summed E-state index contributed by atoms with van der Waals surface area (Å²) in [5.41, 5.74) is 1.05. The van der Waals surface area contributed by atoms with Crippen LogP contribution < -0.4 is 20.2 Å². The van der Waals surface area contributed by atoms with E-state index in [4.69, 9.17) is 14.3 Å². The molecule has 3 aromatic rings. The maximum absolute atomic E-state index is 12.9. The van der Waals surface area contributed by atoms with Gasteiger partial charge in [0.05, 0.1) is 18.5 Å². The van der Waals surface area contributed by atoms with E-state index in [-0.39, 0.29) is 12.0 Å². The van der Waals surface area contributed by atoms with Crippen molar-refractivity contribution in [2.45, 2.75) is 57.4 Å². The van der Waals surface area contributed by atoms with Crippen LogP contribution in [0.2, 0.25) is 6.04 Å². The second-order valence-electron chi connectivity index (χ2n) is 10.8. The minimum atomic E-state index is -3.82. The summed E-state index contributed by atoms with van der Waals surface area (Å²) in [6.07, 6.45) is 2.80. The maximum Gasteiger partial charge on any atom is 0.256 e. The van der Waals surface area contributed by atoms with Gasteiger partial charge in [-0.1, -0.05) is 99.6 Å². The Morgan fingerprint density at radius 2 is 1.44 bits per heavy atom. The first-order chi connectivity index (χ1) is 18.6. The van der Waals surface area contributed by atoms with Crippen molar-refractivity contribution >= 4 is 28.7 Å². The molecule has 0 bridgehead atoms. The van der Waals surface area contributed by atoms with Gasteiger partial charge in [-0.25, -0.2) is 13.6 Å². The van der Waals surface area contributed by atoms with E-state index >= 15 is 0 Å². The molecule has 210 valence electrons. The molecule has 5 nitrogen and oxygen atoms in total. The zero-order valence-corrected chi connectivity index (χ0v) is 25.4. The van der Waals surface area contributed by atoms with Gasteiger partial charge < -0.3 is 9.16 Å². The lowest BCUT2D eigenvalue weighted by Gasteiger charge is -2.39. The normalized spacial score (nSPS) is 14.5. The minimum Gasteiger partial charge on any atom is -0.497 e. The maximum atomic E-state index is 12.9. The predicted octanol–water partition coefficient (Wildman–Crippen LogP) is 5.30. The average molecular weight is 566 g/mol. The molecule has 3 aromatic carbocycles. The summed E-state index contributed by atoms with van der Waals surface area (Å²) in [5.74, 6) is 0.955. The monoisotopic (exact) mass is 565 g/mol. The smallest absolute Gasteiger partial charge is 0.256 e. The molecule has 0 aliphatic heterocycles. The van der Waals surface area contributed by atoms with Gasteiger partial charge in [0.25, 0.3) is 8.32 Å². The van der Waals surface area contributed by atoms with Crippen LogP contribution in [0.5, 0.6) is 5.75 Å². The number of ether oxygens (including phenoxy) is 1. The number of rotatable bonds is 15. The van der Waals surface area contributed by atoms with Gasteiger partial charge in [0.1, 0.15) is 5.75 Å². The standard InChI is InChI=1S/C32H43NO4SSi/c1-6-13-26(4)32(38(33,34)35)23-29(22-27-18-20-28(36-5)21-19-27)37-39(24-25(2)3,30-14-9-7-10-15-30)31-16-11-8-12-17-31/h6-12,14-21,25-26,29,32H,1,13,22-24H2,2-5H3,(H2,33,34,35). The largest absolute Gasteiger partial charge is 0.497 e. The molecule has 0 aliphatic carbocycles. The van der Waals surface area contributed by atoms with E-state index in [1.165, 1.54) is 10.4 Å². The molecule has 3 atom stereocenters. The fraction of sp³-hybridized carbons (Fsp3) is 0.375. The molecule has 7 heteroatoms. The van der Waals surface area contributed by atoms with Crippen molar-refractivity contribution < 1.29 is 17.6 Å². The van der Waals surface area contributed by atoms with E-state index in [2.05, 4.69) is 69.0 Å². The number of sulfonamides is 1. The van der Waals surface area contributed by atoms with Gasteiger partial charge in [-0.2, -0.15) is 0 Å². The molecule has 0 saturated heterocycles. The van der Waals surface area contributed by atoms with Crippen LogP contribution in [0.4, 0.5) is 0 Å². The van der Waals surface area contributed by atoms with E-state index < -0.39 is 23.6 Å². The average Bonchev–Trinajstić information content (AvgIpc) is 2.91. The number of hydrogen-bond donors (Lipinski definition) is 1. The van der Waals surface area contributed by atoms with Crippen molar-refractivity contribution in [3.8, 4) is 5.75 Å². The topological polar surface area (TPSA) is 78.6 Å². The Labute approximate surface area is 236 Å². The Bertz CT molecular complexity index is 1230. The van der Waals surface area contributed by atoms with Crippen LogP contribution in [0.1, 0.15) is 39.2 Å². The third kappa shape index (κ3) is 8.38. The highest BCUT2D eigenvalue weighted by Crippen LogP contribution is 2.28. The van der Waals surface area contributed by atoms with Crippen molar-refractivity contribution in [3.05, 3.63) is 103 Å². The highest BCUT2D eigenvalue weighted by molar-refractivity contribution is 7.89. The summed E-state index contributed by atoms with van der Waals surface area (Å²) in [6.45, 7) is 10.2. The van der Waals surface area contributed by atoms with Gasteiger partial charge in [-0.15, -0.1) is 6.58 Å². The zero-order chi connectivity index (χ0) is 28.5. The van der Waals surface area contributed by atoms with Crippen LogP contribution in [0.3, 0.4) is 0 Å². The summed E-state index contributed by atoms with van der Waals surface area (Å²) in [4.78, 5) is 0. The zero-order valence-electron chi connectivity index (χ0n) is 23.6. The third-order valence-electron chi connectivity index (χ3n) is 7.26. The van der Waals surface area contributed by atoms with E-state index in [9.17, 15) is 8.42 Å². The Hall–Kier alpha value is -2.71. The third-order valence-corrected chi connectivity index (χ3v) is 13.4. The molecule has 0 aliphatic rings. The van der Waals surface area contributed by atoms with Crippen molar-refractivity contribution in [3.63, 3.8) is 0 Å². The fourth-order valence-corrected chi connectivity index (χ4v) is 11.2. The first-order valence-electron chi connectivity index (χ1n) is 13.6. The first-order valence-corrected chi connectivity index (χ1v) is 17.4. The summed E-state index contributed by atoms with van der Waals surface area (Å²) in [7, 11) is -4.99. The molecular weight excluding hydrogens is 523 g/mol. The van der Waals surface area contributed by atoms with Gasteiger partial charge in [-0.05, 0) is 65.2 Å². The van der Waals surface area contributed by atoms with Crippen LogP contribution in [0.25, 0.3) is 0 Å². The lowest BCUT2D eigenvalue weighted by molar-refractivity contribution is 0.176. The number of allylic oxidation sites excluding steroid dienone is 1. The molecule has 2 N–H and O–H groups in total. The summed E-state index contributed by atoms with van der Waals surface area (Å²) >= 11 is 0. The molecule has 0 aromatic heterocycles. The molecular formula is C32H43NO4SSi. The van der Waals surface area contributed by atoms with Crippen LogP contribution in [-0.4, -0.2) is 35.2 Å². The van der Waals surface area contributed by atoms with Gasteiger partial charge >= 0.3 is 0 Å². The minimum absolute atomic E-state index is 0.186. The van der Waals surface area contributed by atoms with Gasteiger partial charge in [0.2, 0.25) is 10.0 Å². The van der Waals surface area contributed by atoms with E-state index in [1.54, 1.807) is 13.2 Å². The molecule has 0 saturated carbocycles. The lowest BCUT2D eigenvalue weighted by atomic mass is 9.96. The number of methoxy groups -OCH3 is 1. The number of primary sulfonamides is 1. The number of benzene rings is 3. The Balaban J connectivity index is 2.15. The quantitative estimate of drug-likeness (QED) is 0.200. The summed E-state index contributed by atoms with van der Waals surface area (Å²) in [6, 6.07) is 29.6.